The predicted molar refractivity (Wildman–Crippen MR) is 160 cm³/mol. The Bertz CT molecular complexity index is 1680. The summed E-state index contributed by atoms with van der Waals surface area (Å²) < 4.78 is 19.7. The predicted octanol–water partition coefficient (Wildman–Crippen LogP) is 5.03. The maximum absolute atomic E-state index is 14.8. The molecule has 1 aliphatic heterocycles. The third-order valence-corrected chi connectivity index (χ3v) is 7.56. The van der Waals surface area contributed by atoms with E-state index in [0.717, 1.165) is 44.0 Å². The SMILES string of the molecule is COC(=O)c1ccc(NC(=O)c2c(O)c3cc(F)cc(N(C)Cc4ccccc4)c3[nH]c2=O)c(CN2CCCCC2)c1. The zero-order valence-electron chi connectivity index (χ0n) is 23.6. The molecule has 0 spiro atoms. The number of H-pyrrole nitrogens is 1. The van der Waals surface area contributed by atoms with Crippen LogP contribution in [0.5, 0.6) is 5.75 Å². The molecule has 0 aliphatic carbocycles. The number of piperidine rings is 1. The van der Waals surface area contributed by atoms with Gasteiger partial charge in [-0.3, -0.25) is 14.5 Å². The molecule has 3 N–H and O–H groups in total. The minimum absolute atomic E-state index is 0.00393. The number of hydrogen-bond donors (Lipinski definition) is 3. The second kappa shape index (κ2) is 12.4. The fourth-order valence-electron chi connectivity index (χ4n) is 5.42. The summed E-state index contributed by atoms with van der Waals surface area (Å²) in [6.07, 6.45) is 3.26. The van der Waals surface area contributed by atoms with Crippen molar-refractivity contribution in [1.82, 2.24) is 9.88 Å². The Hall–Kier alpha value is -4.70. The molecule has 3 aromatic carbocycles. The van der Waals surface area contributed by atoms with E-state index in [-0.39, 0.29) is 10.9 Å². The summed E-state index contributed by atoms with van der Waals surface area (Å²) in [5.41, 5.74) is 1.57. The van der Waals surface area contributed by atoms with Crippen LogP contribution in [0.1, 0.15) is 51.1 Å². The lowest BCUT2D eigenvalue weighted by atomic mass is 10.0. The number of hydrogen-bond acceptors (Lipinski definition) is 7. The average molecular weight is 573 g/mol. The van der Waals surface area contributed by atoms with E-state index in [1.165, 1.54) is 19.2 Å². The molecule has 0 atom stereocenters. The monoisotopic (exact) mass is 572 g/mol. The third kappa shape index (κ3) is 6.13. The van der Waals surface area contributed by atoms with Gasteiger partial charge in [-0.2, -0.15) is 0 Å². The van der Waals surface area contributed by atoms with E-state index in [9.17, 15) is 23.9 Å². The van der Waals surface area contributed by atoms with Crippen LogP contribution in [-0.4, -0.2) is 54.1 Å². The first-order valence-electron chi connectivity index (χ1n) is 13.8. The first kappa shape index (κ1) is 28.8. The molecule has 0 unspecified atom stereocenters. The molecule has 10 heteroatoms. The summed E-state index contributed by atoms with van der Waals surface area (Å²) in [6, 6.07) is 16.7. The van der Waals surface area contributed by atoms with Crippen LogP contribution >= 0.6 is 0 Å². The van der Waals surface area contributed by atoms with E-state index < -0.39 is 34.6 Å². The molecular formula is C32H33FN4O5. The van der Waals surface area contributed by atoms with E-state index in [0.29, 0.717) is 35.6 Å². The maximum atomic E-state index is 14.8. The largest absolute Gasteiger partial charge is 0.506 e. The summed E-state index contributed by atoms with van der Waals surface area (Å²) >= 11 is 0. The number of nitrogens with one attached hydrogen (secondary N) is 2. The number of ether oxygens (including phenoxy) is 1. The number of esters is 1. The van der Waals surface area contributed by atoms with Crippen molar-refractivity contribution in [3.63, 3.8) is 0 Å². The molecule has 0 radical (unpaired) electrons. The van der Waals surface area contributed by atoms with Crippen LogP contribution in [0.2, 0.25) is 0 Å². The van der Waals surface area contributed by atoms with Gasteiger partial charge >= 0.3 is 5.97 Å². The standard InChI is InChI=1S/C32H33FN4O5/c1-36(18-20-9-5-3-6-10-20)26-17-23(33)16-24-28(26)35-31(40)27(29(24)38)30(39)34-25-12-11-21(32(41)42-2)15-22(25)19-37-13-7-4-8-14-37/h3,5-6,9-12,15-17H,4,7-8,13-14,18-19H2,1-2H3,(H,34,39)(H2,35,38,40). The molecule has 0 bridgehead atoms. The molecule has 0 saturated carbocycles. The maximum Gasteiger partial charge on any atom is 0.337 e. The van der Waals surface area contributed by atoms with Crippen molar-refractivity contribution in [1.29, 1.82) is 0 Å². The van der Waals surface area contributed by atoms with Gasteiger partial charge in [0.1, 0.15) is 17.1 Å². The summed E-state index contributed by atoms with van der Waals surface area (Å²) in [6.45, 7) is 2.66. The molecule has 2 heterocycles. The number of aromatic nitrogens is 1. The molecule has 42 heavy (non-hydrogen) atoms. The van der Waals surface area contributed by atoms with Gasteiger partial charge in [-0.1, -0.05) is 36.8 Å². The quantitative estimate of drug-likeness (QED) is 0.254. The number of benzene rings is 3. The lowest BCUT2D eigenvalue weighted by Crippen LogP contribution is -2.30. The van der Waals surface area contributed by atoms with Crippen molar-refractivity contribution < 1.29 is 23.8 Å². The van der Waals surface area contributed by atoms with Gasteiger partial charge in [0, 0.05) is 31.2 Å². The van der Waals surface area contributed by atoms with Crippen molar-refractivity contribution >= 4 is 34.2 Å². The molecule has 1 amide bonds. The van der Waals surface area contributed by atoms with Crippen molar-refractivity contribution in [2.24, 2.45) is 0 Å². The van der Waals surface area contributed by atoms with E-state index in [1.54, 1.807) is 24.1 Å². The average Bonchev–Trinajstić information content (AvgIpc) is 2.98. The molecule has 1 aromatic heterocycles. The Morgan fingerprint density at radius 2 is 1.81 bits per heavy atom. The summed E-state index contributed by atoms with van der Waals surface area (Å²) in [4.78, 5) is 45.6. The van der Waals surface area contributed by atoms with Crippen molar-refractivity contribution in [2.75, 3.05) is 37.5 Å². The zero-order chi connectivity index (χ0) is 29.8. The van der Waals surface area contributed by atoms with E-state index in [4.69, 9.17) is 4.74 Å². The normalized spacial score (nSPS) is 13.6. The third-order valence-electron chi connectivity index (χ3n) is 7.56. The highest BCUT2D eigenvalue weighted by Crippen LogP contribution is 2.33. The summed E-state index contributed by atoms with van der Waals surface area (Å²) in [5.74, 6) is -2.62. The highest BCUT2D eigenvalue weighted by atomic mass is 19.1. The molecular weight excluding hydrogens is 539 g/mol. The van der Waals surface area contributed by atoms with Crippen molar-refractivity contribution in [3.05, 3.63) is 99.1 Å². The van der Waals surface area contributed by atoms with Gasteiger partial charge in [-0.25, -0.2) is 9.18 Å². The topological polar surface area (TPSA) is 115 Å². The van der Waals surface area contributed by atoms with Gasteiger partial charge in [0.25, 0.3) is 11.5 Å². The number of halogens is 1. The molecule has 1 fully saturated rings. The van der Waals surface area contributed by atoms with Crippen molar-refractivity contribution in [3.8, 4) is 5.75 Å². The number of anilines is 2. The first-order valence-corrected chi connectivity index (χ1v) is 13.8. The Morgan fingerprint density at radius 1 is 1.07 bits per heavy atom. The fourth-order valence-corrected chi connectivity index (χ4v) is 5.42. The zero-order valence-corrected chi connectivity index (χ0v) is 23.6. The minimum Gasteiger partial charge on any atom is -0.506 e. The van der Waals surface area contributed by atoms with Crippen LogP contribution in [0.3, 0.4) is 0 Å². The Balaban J connectivity index is 1.49. The number of nitrogens with zero attached hydrogens (tertiary/aromatic N) is 2. The number of fused-ring (bicyclic) bond motifs is 1. The second-order valence-electron chi connectivity index (χ2n) is 10.5. The molecule has 1 saturated heterocycles. The van der Waals surface area contributed by atoms with Crippen LogP contribution in [0.25, 0.3) is 10.9 Å². The Labute approximate surface area is 242 Å². The molecule has 1 aliphatic rings. The minimum atomic E-state index is -0.857. The number of pyridine rings is 1. The van der Waals surface area contributed by atoms with Crippen LogP contribution in [-0.2, 0) is 17.8 Å². The van der Waals surface area contributed by atoms with Gasteiger partial charge in [0.2, 0.25) is 0 Å². The molecule has 5 rings (SSSR count). The number of aromatic hydroxyl groups is 1. The number of aromatic amines is 1. The first-order chi connectivity index (χ1) is 20.2. The van der Waals surface area contributed by atoms with Gasteiger partial charge < -0.3 is 25.0 Å². The highest BCUT2D eigenvalue weighted by molar-refractivity contribution is 6.10. The van der Waals surface area contributed by atoms with Crippen LogP contribution in [0, 0.1) is 5.82 Å². The lowest BCUT2D eigenvalue weighted by Gasteiger charge is -2.27. The number of likely N-dealkylation sites (tertiary alicyclic amines) is 1. The Kier molecular flexibility index (Phi) is 8.53. The van der Waals surface area contributed by atoms with Crippen LogP contribution < -0.4 is 15.8 Å². The number of amides is 1. The molecule has 218 valence electrons. The number of carbonyl (C=O) groups is 2. The lowest BCUT2D eigenvalue weighted by molar-refractivity contribution is 0.0600. The highest BCUT2D eigenvalue weighted by Gasteiger charge is 2.24. The fraction of sp³-hybridized carbons (Fsp3) is 0.281. The van der Waals surface area contributed by atoms with E-state index in [1.807, 2.05) is 30.3 Å². The smallest absolute Gasteiger partial charge is 0.337 e. The van der Waals surface area contributed by atoms with E-state index >= 15 is 0 Å². The second-order valence-corrected chi connectivity index (χ2v) is 10.5. The molecule has 4 aromatic rings. The molecule has 9 nitrogen and oxygen atoms in total. The summed E-state index contributed by atoms with van der Waals surface area (Å²) in [7, 11) is 3.05. The van der Waals surface area contributed by atoms with Gasteiger partial charge in [-0.05, 0) is 67.4 Å². The number of carbonyl (C=O) groups excluding carboxylic acids is 2. The Morgan fingerprint density at radius 3 is 2.52 bits per heavy atom. The number of rotatable bonds is 8. The van der Waals surface area contributed by atoms with Crippen LogP contribution in [0.15, 0.2) is 65.5 Å². The van der Waals surface area contributed by atoms with Gasteiger partial charge in [-0.15, -0.1) is 0 Å². The van der Waals surface area contributed by atoms with Crippen LogP contribution in [0.4, 0.5) is 15.8 Å². The van der Waals surface area contributed by atoms with Gasteiger partial charge in [0.05, 0.1) is 23.9 Å². The van der Waals surface area contributed by atoms with Crippen molar-refractivity contribution in [2.45, 2.75) is 32.4 Å². The van der Waals surface area contributed by atoms with E-state index in [2.05, 4.69) is 15.2 Å². The van der Waals surface area contributed by atoms with Gasteiger partial charge in [0.15, 0.2) is 0 Å². The summed E-state index contributed by atoms with van der Waals surface area (Å²) in [5, 5.41) is 13.9. The number of methoxy groups -OCH3 is 1.